The number of nitrogens with zero attached hydrogens (tertiary/aromatic N) is 3. The van der Waals surface area contributed by atoms with Gasteiger partial charge in [0.2, 0.25) is 0 Å². The normalized spacial score (nSPS) is 22.4. The second-order valence-electron chi connectivity index (χ2n) is 2.94. The molecule has 1 aliphatic heterocycles. The summed E-state index contributed by atoms with van der Waals surface area (Å²) in [7, 11) is 0. The first-order valence-electron chi connectivity index (χ1n) is 4.04. The molecule has 2 rings (SSSR count). The van der Waals surface area contributed by atoms with Crippen molar-refractivity contribution < 1.29 is 0 Å². The van der Waals surface area contributed by atoms with Crippen molar-refractivity contribution >= 4 is 0 Å². The van der Waals surface area contributed by atoms with Gasteiger partial charge < -0.3 is 9.88 Å². The van der Waals surface area contributed by atoms with Crippen molar-refractivity contribution in [1.82, 2.24) is 14.9 Å². The fraction of sp³-hybridized carbons (Fsp3) is 0.500. The maximum absolute atomic E-state index is 8.74. The molecule has 1 N–H and O–H groups in total. The Morgan fingerprint density at radius 3 is 3.33 bits per heavy atom. The second-order valence-corrected chi connectivity index (χ2v) is 2.94. The minimum atomic E-state index is 0.419. The summed E-state index contributed by atoms with van der Waals surface area (Å²) in [6.45, 7) is 1.98. The van der Waals surface area contributed by atoms with Gasteiger partial charge in [-0.1, -0.05) is 0 Å². The molecular formula is C8H10N4. The van der Waals surface area contributed by atoms with Gasteiger partial charge >= 0.3 is 0 Å². The lowest BCUT2D eigenvalue weighted by Gasteiger charge is -2.10. The van der Waals surface area contributed by atoms with Crippen molar-refractivity contribution in [1.29, 1.82) is 5.26 Å². The molecule has 2 heterocycles. The molecule has 4 heteroatoms. The zero-order valence-electron chi connectivity index (χ0n) is 6.70. The fourth-order valence-electron chi connectivity index (χ4n) is 1.56. The summed E-state index contributed by atoms with van der Waals surface area (Å²) in [5.74, 6) is 0. The van der Waals surface area contributed by atoms with Gasteiger partial charge in [0.1, 0.15) is 11.8 Å². The summed E-state index contributed by atoms with van der Waals surface area (Å²) < 4.78 is 1.94. The number of hydrogen-bond acceptors (Lipinski definition) is 3. The van der Waals surface area contributed by atoms with Crippen molar-refractivity contribution in [3.8, 4) is 6.07 Å². The number of rotatable bonds is 1. The van der Waals surface area contributed by atoms with E-state index in [-0.39, 0.29) is 0 Å². The molecule has 0 aromatic carbocycles. The van der Waals surface area contributed by atoms with Gasteiger partial charge in [0.25, 0.3) is 0 Å². The zero-order chi connectivity index (χ0) is 8.39. The highest BCUT2D eigenvalue weighted by molar-refractivity contribution is 5.18. The number of nitrogens with one attached hydrogen (secondary N) is 1. The minimum Gasteiger partial charge on any atom is -0.318 e. The highest BCUT2D eigenvalue weighted by atomic mass is 15.1. The SMILES string of the molecule is N#Cc1cncn1C1CCNC1. The Bertz CT molecular complexity index is 303. The van der Waals surface area contributed by atoms with Gasteiger partial charge in [-0.25, -0.2) is 4.98 Å². The van der Waals surface area contributed by atoms with Crippen LogP contribution in [0, 0.1) is 11.3 Å². The third kappa shape index (κ3) is 1.08. The summed E-state index contributed by atoms with van der Waals surface area (Å²) in [6, 6.07) is 2.54. The molecule has 0 bridgehead atoms. The molecule has 0 spiro atoms. The van der Waals surface area contributed by atoms with Gasteiger partial charge in [0, 0.05) is 12.6 Å². The molecule has 12 heavy (non-hydrogen) atoms. The van der Waals surface area contributed by atoms with Crippen LogP contribution in [-0.4, -0.2) is 22.6 Å². The third-order valence-corrected chi connectivity index (χ3v) is 2.21. The van der Waals surface area contributed by atoms with Crippen LogP contribution in [0.25, 0.3) is 0 Å². The van der Waals surface area contributed by atoms with E-state index in [2.05, 4.69) is 16.4 Å². The smallest absolute Gasteiger partial charge is 0.140 e. The molecule has 62 valence electrons. The third-order valence-electron chi connectivity index (χ3n) is 2.21. The average molecular weight is 162 g/mol. The summed E-state index contributed by atoms with van der Waals surface area (Å²) in [5.41, 5.74) is 0.656. The molecule has 1 fully saturated rings. The molecule has 1 atom stereocenters. The lowest BCUT2D eigenvalue weighted by molar-refractivity contribution is 0.542. The average Bonchev–Trinajstić information content (AvgIpc) is 2.74. The number of aromatic nitrogens is 2. The predicted octanol–water partition coefficient (Wildman–Crippen LogP) is 0.289. The van der Waals surface area contributed by atoms with E-state index in [1.807, 2.05) is 4.57 Å². The van der Waals surface area contributed by atoms with Gasteiger partial charge in [0.05, 0.1) is 12.5 Å². The van der Waals surface area contributed by atoms with E-state index in [1.165, 1.54) is 0 Å². The van der Waals surface area contributed by atoms with E-state index in [1.54, 1.807) is 12.5 Å². The molecule has 1 saturated heterocycles. The van der Waals surface area contributed by atoms with E-state index >= 15 is 0 Å². The predicted molar refractivity (Wildman–Crippen MR) is 43.5 cm³/mol. The van der Waals surface area contributed by atoms with Crippen LogP contribution in [0.2, 0.25) is 0 Å². The molecule has 0 amide bonds. The monoisotopic (exact) mass is 162 g/mol. The Labute approximate surface area is 70.8 Å². The van der Waals surface area contributed by atoms with Crippen molar-refractivity contribution in [2.45, 2.75) is 12.5 Å². The first-order valence-corrected chi connectivity index (χ1v) is 4.04. The van der Waals surface area contributed by atoms with Gasteiger partial charge in [-0.15, -0.1) is 0 Å². The van der Waals surface area contributed by atoms with E-state index in [4.69, 9.17) is 5.26 Å². The molecule has 1 aromatic rings. The molecule has 4 nitrogen and oxygen atoms in total. The van der Waals surface area contributed by atoms with Crippen LogP contribution in [0.1, 0.15) is 18.2 Å². The number of imidazole rings is 1. The molecule has 0 aliphatic carbocycles. The summed E-state index contributed by atoms with van der Waals surface area (Å²) in [4.78, 5) is 3.95. The standard InChI is InChI=1S/C8H10N4/c9-3-8-5-11-6-12(8)7-1-2-10-4-7/h5-7,10H,1-2,4H2. The second kappa shape index (κ2) is 2.95. The van der Waals surface area contributed by atoms with E-state index in [0.29, 0.717) is 11.7 Å². The van der Waals surface area contributed by atoms with Crippen molar-refractivity contribution in [2.24, 2.45) is 0 Å². The van der Waals surface area contributed by atoms with Crippen LogP contribution in [0.4, 0.5) is 0 Å². The van der Waals surface area contributed by atoms with Crippen LogP contribution >= 0.6 is 0 Å². The summed E-state index contributed by atoms with van der Waals surface area (Å²) in [5, 5.41) is 12.0. The highest BCUT2D eigenvalue weighted by Crippen LogP contribution is 2.16. The molecule has 0 radical (unpaired) electrons. The van der Waals surface area contributed by atoms with Crippen LogP contribution in [0.15, 0.2) is 12.5 Å². The van der Waals surface area contributed by atoms with Crippen molar-refractivity contribution in [3.63, 3.8) is 0 Å². The maximum atomic E-state index is 8.74. The van der Waals surface area contributed by atoms with Crippen LogP contribution < -0.4 is 5.32 Å². The Morgan fingerprint density at radius 1 is 1.75 bits per heavy atom. The Hall–Kier alpha value is -1.34. The quantitative estimate of drug-likeness (QED) is 0.645. The van der Waals surface area contributed by atoms with Gasteiger partial charge in [0.15, 0.2) is 0 Å². The lowest BCUT2D eigenvalue weighted by atomic mass is 10.2. The molecule has 0 saturated carbocycles. The largest absolute Gasteiger partial charge is 0.318 e. The molecule has 1 aliphatic rings. The van der Waals surface area contributed by atoms with E-state index in [0.717, 1.165) is 19.5 Å². The van der Waals surface area contributed by atoms with Gasteiger partial charge in [-0.2, -0.15) is 5.26 Å². The van der Waals surface area contributed by atoms with Crippen molar-refractivity contribution in [3.05, 3.63) is 18.2 Å². The maximum Gasteiger partial charge on any atom is 0.140 e. The highest BCUT2D eigenvalue weighted by Gasteiger charge is 2.17. The number of nitriles is 1. The topological polar surface area (TPSA) is 53.6 Å². The van der Waals surface area contributed by atoms with Crippen LogP contribution in [0.3, 0.4) is 0 Å². The van der Waals surface area contributed by atoms with E-state index in [9.17, 15) is 0 Å². The van der Waals surface area contributed by atoms with Gasteiger partial charge in [-0.3, -0.25) is 0 Å². The molecule has 1 aromatic heterocycles. The molecular weight excluding hydrogens is 152 g/mol. The Balaban J connectivity index is 2.27. The number of hydrogen-bond donors (Lipinski definition) is 1. The zero-order valence-corrected chi connectivity index (χ0v) is 6.70. The summed E-state index contributed by atoms with van der Waals surface area (Å²) >= 11 is 0. The van der Waals surface area contributed by atoms with Crippen LogP contribution in [-0.2, 0) is 0 Å². The molecule has 1 unspecified atom stereocenters. The fourth-order valence-corrected chi connectivity index (χ4v) is 1.56. The lowest BCUT2D eigenvalue weighted by Crippen LogP contribution is -2.13. The minimum absolute atomic E-state index is 0.419. The Morgan fingerprint density at radius 2 is 2.67 bits per heavy atom. The van der Waals surface area contributed by atoms with Crippen molar-refractivity contribution in [2.75, 3.05) is 13.1 Å². The van der Waals surface area contributed by atoms with Gasteiger partial charge in [-0.05, 0) is 13.0 Å². The summed E-state index contributed by atoms with van der Waals surface area (Å²) in [6.07, 6.45) is 4.43. The van der Waals surface area contributed by atoms with E-state index < -0.39 is 0 Å². The van der Waals surface area contributed by atoms with Crippen LogP contribution in [0.5, 0.6) is 0 Å². The first-order chi connectivity index (χ1) is 5.92. The first kappa shape index (κ1) is 7.32. The Kier molecular flexibility index (Phi) is 1.80.